The van der Waals surface area contributed by atoms with Crippen molar-refractivity contribution in [2.45, 2.75) is 38.0 Å². The van der Waals surface area contributed by atoms with Gasteiger partial charge in [0.2, 0.25) is 0 Å². The molecule has 0 unspecified atom stereocenters. The van der Waals surface area contributed by atoms with Crippen LogP contribution in [-0.2, 0) is 26.3 Å². The quantitative estimate of drug-likeness (QED) is 0.0929. The second-order valence-electron chi connectivity index (χ2n) is 10.3. The second-order valence-corrected chi connectivity index (χ2v) is 10.3. The number of aromatic hydroxyl groups is 2. The number of rotatable bonds is 10. The van der Waals surface area contributed by atoms with Gasteiger partial charge in [-0.05, 0) is 55.8 Å². The lowest BCUT2D eigenvalue weighted by atomic mass is 9.81. The van der Waals surface area contributed by atoms with E-state index in [0.29, 0.717) is 16.6 Å². The Hall–Kier alpha value is -5.47. The first-order valence-electron chi connectivity index (χ1n) is 12.8. The molecular weight excluding hydrogens is 562 g/mol. The summed E-state index contributed by atoms with van der Waals surface area (Å²) in [7, 11) is 0. The number of amidine groups is 1. The van der Waals surface area contributed by atoms with Gasteiger partial charge < -0.3 is 46.7 Å². The first-order valence-corrected chi connectivity index (χ1v) is 12.8. The van der Waals surface area contributed by atoms with Crippen molar-refractivity contribution in [2.75, 3.05) is 0 Å². The molecule has 1 amide bonds. The number of carboxylic acid groups (broad SMARTS) is 2. The zero-order chi connectivity index (χ0) is 31.8. The molecule has 1 heterocycles. The van der Waals surface area contributed by atoms with Crippen LogP contribution in [0.2, 0.25) is 0 Å². The number of phenolic OH excluding ortho intramolecular Hbond substituents is 2. The Morgan fingerprint density at radius 1 is 0.977 bits per heavy atom. The summed E-state index contributed by atoms with van der Waals surface area (Å²) >= 11 is 0. The van der Waals surface area contributed by atoms with Gasteiger partial charge in [0.1, 0.15) is 23.2 Å². The van der Waals surface area contributed by atoms with E-state index >= 15 is 0 Å². The van der Waals surface area contributed by atoms with Crippen molar-refractivity contribution in [2.24, 2.45) is 5.73 Å². The predicted molar refractivity (Wildman–Crippen MR) is 153 cm³/mol. The number of fused-ring (bicyclic) bond motifs is 1. The largest absolute Gasteiger partial charge is 0.507 e. The molecule has 0 saturated carbocycles. The number of phenols is 2. The summed E-state index contributed by atoms with van der Waals surface area (Å²) in [4.78, 5) is 42.8. The minimum atomic E-state index is -2.37. The van der Waals surface area contributed by atoms with Crippen LogP contribution in [0, 0.1) is 5.41 Å². The van der Waals surface area contributed by atoms with E-state index in [1.165, 1.54) is 32.0 Å². The molecule has 4 aromatic rings. The van der Waals surface area contributed by atoms with Crippen LogP contribution in [0.5, 0.6) is 11.5 Å². The summed E-state index contributed by atoms with van der Waals surface area (Å²) in [6, 6.07) is 12.2. The normalized spacial score (nSPS) is 12.9. The van der Waals surface area contributed by atoms with Gasteiger partial charge in [0.15, 0.2) is 12.2 Å². The number of amides is 1. The van der Waals surface area contributed by atoms with Crippen LogP contribution in [-0.4, -0.2) is 76.5 Å². The molecule has 0 radical (unpaired) electrons. The number of carbonyl (C=O) groups excluding carboxylic acids is 1. The van der Waals surface area contributed by atoms with Gasteiger partial charge in [-0.2, -0.15) is 0 Å². The number of nitrogen functional groups attached to an aromatic ring is 1. The molecule has 2 atom stereocenters. The zero-order valence-electron chi connectivity index (χ0n) is 22.9. The molecule has 0 spiro atoms. The predicted octanol–water partition coefficient (Wildman–Crippen LogP) is 1.38. The number of aliphatic hydroxyl groups excluding tert-OH is 2. The number of aliphatic hydroxyl groups is 2. The fraction of sp³-hybridized carbons (Fsp3) is 0.207. The SMILES string of the molecule is CC(C)(C(=O)O)c1cc(CNC(=O)[C@H](O)[C@@H](O)C(=O)O)cc(-c2cccc(-c3nc4ccc(C(=N)N)cc4[nH]3)c2O)c1O. The monoisotopic (exact) mass is 591 g/mol. The highest BCUT2D eigenvalue weighted by Crippen LogP contribution is 2.45. The molecule has 11 N–H and O–H groups in total. The number of hydrogen-bond donors (Lipinski definition) is 10. The number of carbonyl (C=O) groups is 3. The lowest BCUT2D eigenvalue weighted by molar-refractivity contribution is -0.158. The van der Waals surface area contributed by atoms with Crippen LogP contribution in [0.1, 0.15) is 30.5 Å². The molecule has 0 aliphatic rings. The molecule has 0 fully saturated rings. The van der Waals surface area contributed by atoms with Crippen molar-refractivity contribution in [1.29, 1.82) is 5.41 Å². The average Bonchev–Trinajstić information content (AvgIpc) is 3.38. The Balaban J connectivity index is 1.81. The Morgan fingerprint density at radius 2 is 1.65 bits per heavy atom. The Bertz CT molecular complexity index is 1780. The molecular formula is C29H29N5O9. The average molecular weight is 592 g/mol. The molecule has 0 aliphatic carbocycles. The number of H-pyrrole nitrogens is 1. The van der Waals surface area contributed by atoms with E-state index in [1.54, 1.807) is 30.3 Å². The Kier molecular flexibility index (Phi) is 8.10. The number of hydrogen-bond acceptors (Lipinski definition) is 9. The highest BCUT2D eigenvalue weighted by molar-refractivity contribution is 5.98. The number of benzene rings is 3. The zero-order valence-corrected chi connectivity index (χ0v) is 22.9. The fourth-order valence-electron chi connectivity index (χ4n) is 4.42. The van der Waals surface area contributed by atoms with Crippen molar-refractivity contribution >= 4 is 34.7 Å². The summed E-state index contributed by atoms with van der Waals surface area (Å²) in [5, 5.41) is 70.6. The molecule has 43 heavy (non-hydrogen) atoms. The fourth-order valence-corrected chi connectivity index (χ4v) is 4.42. The first kappa shape index (κ1) is 30.5. The van der Waals surface area contributed by atoms with E-state index in [0.717, 1.165) is 0 Å². The minimum absolute atomic E-state index is 0.0107. The summed E-state index contributed by atoms with van der Waals surface area (Å²) < 4.78 is 0. The summed E-state index contributed by atoms with van der Waals surface area (Å²) in [5.41, 5.74) is 6.00. The van der Waals surface area contributed by atoms with Crippen LogP contribution in [0.3, 0.4) is 0 Å². The van der Waals surface area contributed by atoms with Gasteiger partial charge in [-0.3, -0.25) is 15.0 Å². The van der Waals surface area contributed by atoms with Gasteiger partial charge in [0, 0.05) is 28.8 Å². The molecule has 3 aromatic carbocycles. The van der Waals surface area contributed by atoms with Crippen LogP contribution in [0.4, 0.5) is 0 Å². The number of aromatic amines is 1. The van der Waals surface area contributed by atoms with Gasteiger partial charge in [-0.15, -0.1) is 0 Å². The van der Waals surface area contributed by atoms with Gasteiger partial charge in [-0.1, -0.05) is 12.1 Å². The third-order valence-electron chi connectivity index (χ3n) is 7.04. The van der Waals surface area contributed by atoms with E-state index in [4.69, 9.17) is 16.2 Å². The van der Waals surface area contributed by atoms with Crippen molar-refractivity contribution in [3.05, 3.63) is 65.2 Å². The highest BCUT2D eigenvalue weighted by Gasteiger charge is 2.35. The van der Waals surface area contributed by atoms with Crippen LogP contribution < -0.4 is 11.1 Å². The van der Waals surface area contributed by atoms with Gasteiger partial charge in [0.25, 0.3) is 5.91 Å². The van der Waals surface area contributed by atoms with Crippen molar-refractivity contribution in [3.63, 3.8) is 0 Å². The third-order valence-corrected chi connectivity index (χ3v) is 7.04. The number of nitrogens with two attached hydrogens (primary N) is 1. The van der Waals surface area contributed by atoms with E-state index in [2.05, 4.69) is 15.3 Å². The molecule has 0 saturated heterocycles. The maximum absolute atomic E-state index is 12.3. The summed E-state index contributed by atoms with van der Waals surface area (Å²) in [6.07, 6.45) is -4.65. The lowest BCUT2D eigenvalue weighted by Crippen LogP contribution is -2.45. The maximum atomic E-state index is 12.3. The molecule has 0 bridgehead atoms. The number of para-hydroxylation sites is 1. The number of aromatic nitrogens is 2. The van der Waals surface area contributed by atoms with Crippen molar-refractivity contribution in [3.8, 4) is 34.0 Å². The van der Waals surface area contributed by atoms with Gasteiger partial charge in [0.05, 0.1) is 22.0 Å². The summed E-state index contributed by atoms with van der Waals surface area (Å²) in [6.45, 7) is 2.34. The second kappa shape index (κ2) is 11.4. The van der Waals surface area contributed by atoms with Gasteiger partial charge >= 0.3 is 11.9 Å². The number of aliphatic carboxylic acids is 2. The van der Waals surface area contributed by atoms with Crippen molar-refractivity contribution < 1.29 is 45.0 Å². The molecule has 1 aromatic heterocycles. The lowest BCUT2D eigenvalue weighted by Gasteiger charge is -2.24. The van der Waals surface area contributed by atoms with Crippen LogP contribution in [0.25, 0.3) is 33.5 Å². The standard InChI is InChI=1S/C29H29N5O9/c1-29(2,28(42)43)17-9-12(11-32-26(39)22(37)23(38)27(40)41)8-16(21(17)36)14-4-3-5-15(20(14)35)25-33-18-7-6-13(24(30)31)10-19(18)34-25/h3-10,22-23,35-38H,11H2,1-2H3,(H3,30,31)(H,32,39)(H,33,34)(H,40,41)(H,42,43)/t22-,23-/m1/s1. The Morgan fingerprint density at radius 3 is 2.28 bits per heavy atom. The topological polar surface area (TPSA) is 263 Å². The van der Waals surface area contributed by atoms with Crippen molar-refractivity contribution in [1.82, 2.24) is 15.3 Å². The molecule has 4 rings (SSSR count). The number of nitrogens with one attached hydrogen (secondary N) is 3. The molecule has 0 aliphatic heterocycles. The highest BCUT2D eigenvalue weighted by atomic mass is 16.4. The Labute approximate surface area is 243 Å². The van der Waals surface area contributed by atoms with Crippen LogP contribution >= 0.6 is 0 Å². The summed E-state index contributed by atoms with van der Waals surface area (Å²) in [5.74, 6) is -4.93. The van der Waals surface area contributed by atoms with E-state index in [-0.39, 0.29) is 51.8 Å². The van der Waals surface area contributed by atoms with E-state index in [1.807, 2.05) is 0 Å². The van der Waals surface area contributed by atoms with E-state index in [9.17, 15) is 39.9 Å². The molecule has 14 heteroatoms. The smallest absolute Gasteiger partial charge is 0.335 e. The minimum Gasteiger partial charge on any atom is -0.507 e. The first-order chi connectivity index (χ1) is 20.1. The van der Waals surface area contributed by atoms with Gasteiger partial charge in [-0.25, -0.2) is 9.78 Å². The third kappa shape index (κ3) is 5.82. The molecule has 14 nitrogen and oxygen atoms in total. The number of nitrogens with zero attached hydrogens (tertiary/aromatic N) is 1. The van der Waals surface area contributed by atoms with E-state index < -0.39 is 41.2 Å². The number of carboxylic acids is 2. The number of imidazole rings is 1. The molecule has 224 valence electrons. The maximum Gasteiger partial charge on any atom is 0.335 e. The van der Waals surface area contributed by atoms with Crippen LogP contribution in [0.15, 0.2) is 48.5 Å².